The number of benzene rings is 1. The highest BCUT2D eigenvalue weighted by molar-refractivity contribution is 5.39. The van der Waals surface area contributed by atoms with Gasteiger partial charge in [-0.3, -0.25) is 4.90 Å². The van der Waals surface area contributed by atoms with Crippen molar-refractivity contribution in [3.05, 3.63) is 23.8 Å². The highest BCUT2D eigenvalue weighted by Gasteiger charge is 2.20. The minimum absolute atomic E-state index is 0.0964. The van der Waals surface area contributed by atoms with Crippen molar-refractivity contribution in [3.63, 3.8) is 0 Å². The van der Waals surface area contributed by atoms with Crippen molar-refractivity contribution in [1.82, 2.24) is 4.90 Å². The number of ether oxygens (including phenoxy) is 2. The number of rotatable bonds is 4. The fourth-order valence-electron chi connectivity index (χ4n) is 2.11. The van der Waals surface area contributed by atoms with Crippen LogP contribution >= 0.6 is 0 Å². The van der Waals surface area contributed by atoms with E-state index in [1.54, 1.807) is 13.2 Å². The average molecular weight is 252 g/mol. The highest BCUT2D eigenvalue weighted by atomic mass is 16.5. The number of hydrogen-bond acceptors (Lipinski definition) is 5. The Morgan fingerprint density at radius 1 is 1.56 bits per heavy atom. The zero-order valence-corrected chi connectivity index (χ0v) is 10.6. The summed E-state index contributed by atoms with van der Waals surface area (Å²) in [7, 11) is 1.59. The molecule has 0 aliphatic carbocycles. The minimum Gasteiger partial charge on any atom is -0.507 e. The van der Waals surface area contributed by atoms with Gasteiger partial charge in [0, 0.05) is 37.8 Å². The fraction of sp³-hybridized carbons (Fsp3) is 0.538. The van der Waals surface area contributed by atoms with Gasteiger partial charge in [-0.05, 0) is 6.07 Å². The molecule has 0 saturated carbocycles. The molecule has 0 amide bonds. The van der Waals surface area contributed by atoms with Crippen molar-refractivity contribution >= 4 is 0 Å². The van der Waals surface area contributed by atoms with Crippen LogP contribution in [0.4, 0.5) is 0 Å². The molecular formula is C13H20N2O3. The van der Waals surface area contributed by atoms with E-state index in [1.807, 2.05) is 12.1 Å². The molecule has 1 saturated heterocycles. The van der Waals surface area contributed by atoms with Gasteiger partial charge >= 0.3 is 0 Å². The first-order chi connectivity index (χ1) is 8.72. The summed E-state index contributed by atoms with van der Waals surface area (Å²) < 4.78 is 10.6. The zero-order chi connectivity index (χ0) is 13.0. The number of aromatic hydroxyl groups is 1. The van der Waals surface area contributed by atoms with E-state index >= 15 is 0 Å². The molecule has 0 aromatic heterocycles. The van der Waals surface area contributed by atoms with Crippen molar-refractivity contribution in [1.29, 1.82) is 0 Å². The van der Waals surface area contributed by atoms with E-state index in [0.29, 0.717) is 25.4 Å². The molecule has 3 N–H and O–H groups in total. The van der Waals surface area contributed by atoms with Crippen LogP contribution in [0.3, 0.4) is 0 Å². The van der Waals surface area contributed by atoms with Crippen LogP contribution < -0.4 is 10.5 Å². The van der Waals surface area contributed by atoms with Crippen LogP contribution in [0.5, 0.6) is 11.5 Å². The fourth-order valence-corrected chi connectivity index (χ4v) is 2.11. The maximum atomic E-state index is 9.91. The number of phenolic OH excluding ortho intramolecular Hbond substituents is 1. The Kier molecular flexibility index (Phi) is 4.41. The van der Waals surface area contributed by atoms with Crippen molar-refractivity contribution in [2.24, 2.45) is 5.73 Å². The first-order valence-electron chi connectivity index (χ1n) is 6.13. The normalized spacial score (nSPS) is 20.9. The molecule has 5 heteroatoms. The number of phenols is 1. The van der Waals surface area contributed by atoms with E-state index in [2.05, 4.69) is 4.90 Å². The van der Waals surface area contributed by atoms with Gasteiger partial charge in [-0.25, -0.2) is 0 Å². The summed E-state index contributed by atoms with van der Waals surface area (Å²) in [6, 6.07) is 5.38. The number of methoxy groups -OCH3 is 1. The highest BCUT2D eigenvalue weighted by Crippen LogP contribution is 2.25. The molecule has 1 atom stereocenters. The van der Waals surface area contributed by atoms with Crippen LogP contribution in [-0.2, 0) is 11.3 Å². The molecule has 2 rings (SSSR count). The van der Waals surface area contributed by atoms with Gasteiger partial charge in [0.1, 0.15) is 11.5 Å². The lowest BCUT2D eigenvalue weighted by atomic mass is 10.1. The molecule has 1 unspecified atom stereocenters. The first kappa shape index (κ1) is 13.1. The molecule has 1 aliphatic heterocycles. The van der Waals surface area contributed by atoms with Crippen molar-refractivity contribution in [2.75, 3.05) is 33.4 Å². The van der Waals surface area contributed by atoms with Crippen LogP contribution in [0, 0.1) is 0 Å². The minimum atomic E-state index is 0.0964. The number of nitrogens with two attached hydrogens (primary N) is 1. The lowest BCUT2D eigenvalue weighted by Crippen LogP contribution is -2.45. The third kappa shape index (κ3) is 3.13. The summed E-state index contributed by atoms with van der Waals surface area (Å²) in [6.45, 7) is 3.60. The third-order valence-corrected chi connectivity index (χ3v) is 3.17. The van der Waals surface area contributed by atoms with Crippen molar-refractivity contribution in [3.8, 4) is 11.5 Å². The van der Waals surface area contributed by atoms with Crippen LogP contribution in [0.25, 0.3) is 0 Å². The van der Waals surface area contributed by atoms with Gasteiger partial charge < -0.3 is 20.3 Å². The monoisotopic (exact) mass is 252 g/mol. The molecular weight excluding hydrogens is 232 g/mol. The molecule has 1 aromatic carbocycles. The van der Waals surface area contributed by atoms with E-state index in [1.165, 1.54) is 0 Å². The van der Waals surface area contributed by atoms with Gasteiger partial charge in [0.25, 0.3) is 0 Å². The third-order valence-electron chi connectivity index (χ3n) is 3.17. The van der Waals surface area contributed by atoms with Gasteiger partial charge in [0.15, 0.2) is 0 Å². The number of morpholine rings is 1. The smallest absolute Gasteiger partial charge is 0.123 e. The summed E-state index contributed by atoms with van der Waals surface area (Å²) in [6.07, 6.45) is 0.0964. The molecule has 1 heterocycles. The second kappa shape index (κ2) is 6.04. The second-order valence-electron chi connectivity index (χ2n) is 4.46. The molecule has 1 aromatic rings. The average Bonchev–Trinajstić information content (AvgIpc) is 2.41. The van der Waals surface area contributed by atoms with Gasteiger partial charge in [0.2, 0.25) is 0 Å². The molecule has 100 valence electrons. The van der Waals surface area contributed by atoms with Crippen molar-refractivity contribution in [2.45, 2.75) is 12.6 Å². The van der Waals surface area contributed by atoms with E-state index in [4.69, 9.17) is 15.2 Å². The van der Waals surface area contributed by atoms with E-state index < -0.39 is 0 Å². The standard InChI is InChI=1S/C13H20N2O3/c1-17-11-3-2-10(13(16)6-11)8-15-4-5-18-12(7-14)9-15/h2-3,6,12,16H,4-5,7-9,14H2,1H3. The zero-order valence-electron chi connectivity index (χ0n) is 10.6. The van der Waals surface area contributed by atoms with E-state index in [-0.39, 0.29) is 11.9 Å². The van der Waals surface area contributed by atoms with Gasteiger partial charge in [-0.1, -0.05) is 6.07 Å². The van der Waals surface area contributed by atoms with Crippen molar-refractivity contribution < 1.29 is 14.6 Å². The Morgan fingerprint density at radius 3 is 3.06 bits per heavy atom. The summed E-state index contributed by atoms with van der Waals surface area (Å²) >= 11 is 0. The second-order valence-corrected chi connectivity index (χ2v) is 4.46. The maximum Gasteiger partial charge on any atom is 0.123 e. The lowest BCUT2D eigenvalue weighted by Gasteiger charge is -2.32. The molecule has 1 aliphatic rings. The van der Waals surface area contributed by atoms with Crippen LogP contribution in [0.1, 0.15) is 5.56 Å². The predicted molar refractivity (Wildman–Crippen MR) is 68.7 cm³/mol. The SMILES string of the molecule is COc1ccc(CN2CCOC(CN)C2)c(O)c1. The number of hydrogen-bond donors (Lipinski definition) is 2. The predicted octanol–water partition coefficient (Wildman–Crippen LogP) is 0.560. The Morgan fingerprint density at radius 2 is 2.39 bits per heavy atom. The summed E-state index contributed by atoms with van der Waals surface area (Å²) in [5, 5.41) is 9.91. The summed E-state index contributed by atoms with van der Waals surface area (Å²) in [5.74, 6) is 0.934. The first-order valence-corrected chi connectivity index (χ1v) is 6.13. The Bertz CT molecular complexity index is 398. The van der Waals surface area contributed by atoms with Gasteiger partial charge in [-0.2, -0.15) is 0 Å². The Labute approximate surface area is 107 Å². The number of nitrogens with zero attached hydrogens (tertiary/aromatic N) is 1. The molecule has 0 radical (unpaired) electrons. The van der Waals surface area contributed by atoms with Crippen LogP contribution in [-0.4, -0.2) is 49.5 Å². The van der Waals surface area contributed by atoms with Gasteiger partial charge in [-0.15, -0.1) is 0 Å². The van der Waals surface area contributed by atoms with E-state index in [9.17, 15) is 5.11 Å². The van der Waals surface area contributed by atoms with E-state index in [0.717, 1.165) is 18.7 Å². The summed E-state index contributed by atoms with van der Waals surface area (Å²) in [4.78, 5) is 2.24. The largest absolute Gasteiger partial charge is 0.507 e. The van der Waals surface area contributed by atoms with Gasteiger partial charge in [0.05, 0.1) is 19.8 Å². The van der Waals surface area contributed by atoms with Crippen LogP contribution in [0.15, 0.2) is 18.2 Å². The Hall–Kier alpha value is -1.30. The maximum absolute atomic E-state index is 9.91. The molecule has 1 fully saturated rings. The molecule has 0 bridgehead atoms. The lowest BCUT2D eigenvalue weighted by molar-refractivity contribution is -0.0262. The summed E-state index contributed by atoms with van der Waals surface area (Å²) in [5.41, 5.74) is 6.51. The molecule has 5 nitrogen and oxygen atoms in total. The quantitative estimate of drug-likeness (QED) is 0.819. The Balaban J connectivity index is 2.00. The van der Waals surface area contributed by atoms with Crippen LogP contribution in [0.2, 0.25) is 0 Å². The molecule has 0 spiro atoms. The topological polar surface area (TPSA) is 68.0 Å². The molecule has 18 heavy (non-hydrogen) atoms.